The molecule has 0 aliphatic rings. The highest BCUT2D eigenvalue weighted by Gasteiger charge is 2.15. The van der Waals surface area contributed by atoms with Crippen molar-refractivity contribution in [2.24, 2.45) is 0 Å². The Morgan fingerprint density at radius 1 is 1.11 bits per heavy atom. The molecule has 0 aliphatic heterocycles. The Labute approximate surface area is 160 Å². The molecule has 0 radical (unpaired) electrons. The first-order chi connectivity index (χ1) is 12.9. The second kappa shape index (κ2) is 9.75. The largest absolute Gasteiger partial charge is 0.496 e. The van der Waals surface area contributed by atoms with E-state index < -0.39 is 5.60 Å². The fourth-order valence-corrected chi connectivity index (χ4v) is 2.43. The Morgan fingerprint density at radius 3 is 2.59 bits per heavy atom. The van der Waals surface area contributed by atoms with Crippen molar-refractivity contribution in [2.45, 2.75) is 39.2 Å². The lowest BCUT2D eigenvalue weighted by Gasteiger charge is -2.19. The van der Waals surface area contributed by atoms with Crippen LogP contribution in [0.2, 0.25) is 0 Å². The van der Waals surface area contributed by atoms with Crippen LogP contribution in [0.15, 0.2) is 36.7 Å². The van der Waals surface area contributed by atoms with Gasteiger partial charge >= 0.3 is 6.09 Å². The van der Waals surface area contributed by atoms with Gasteiger partial charge in [-0.3, -0.25) is 0 Å². The molecule has 2 aromatic rings. The molecule has 0 bridgehead atoms. The average Bonchev–Trinajstić information content (AvgIpc) is 2.63. The van der Waals surface area contributed by atoms with Crippen molar-refractivity contribution < 1.29 is 14.3 Å². The molecule has 0 atom stereocenters. The fourth-order valence-electron chi connectivity index (χ4n) is 2.43. The third-order valence-corrected chi connectivity index (χ3v) is 3.63. The van der Waals surface area contributed by atoms with Crippen LogP contribution in [-0.2, 0) is 4.74 Å². The van der Waals surface area contributed by atoms with Gasteiger partial charge in [-0.15, -0.1) is 0 Å². The van der Waals surface area contributed by atoms with E-state index in [0.717, 1.165) is 42.2 Å². The van der Waals surface area contributed by atoms with Crippen LogP contribution in [0.5, 0.6) is 5.75 Å². The van der Waals surface area contributed by atoms with Crippen molar-refractivity contribution in [3.8, 4) is 17.0 Å². The van der Waals surface area contributed by atoms with Crippen LogP contribution in [0.4, 0.5) is 10.6 Å². The molecule has 2 rings (SSSR count). The number of rotatable bonds is 8. The summed E-state index contributed by atoms with van der Waals surface area (Å²) in [5, 5.41) is 6.04. The van der Waals surface area contributed by atoms with Gasteiger partial charge in [0.1, 0.15) is 23.5 Å². The number of hydrogen-bond acceptors (Lipinski definition) is 6. The number of para-hydroxylation sites is 1. The first-order valence-electron chi connectivity index (χ1n) is 9.05. The Morgan fingerprint density at radius 2 is 1.85 bits per heavy atom. The molecular formula is C20H28N4O3. The van der Waals surface area contributed by atoms with Gasteiger partial charge in [-0.1, -0.05) is 12.1 Å². The number of methoxy groups -OCH3 is 1. The summed E-state index contributed by atoms with van der Waals surface area (Å²) in [7, 11) is 1.64. The van der Waals surface area contributed by atoms with Gasteiger partial charge in [0.2, 0.25) is 0 Å². The second-order valence-electron chi connectivity index (χ2n) is 7.05. The summed E-state index contributed by atoms with van der Waals surface area (Å²) in [5.41, 5.74) is 1.25. The van der Waals surface area contributed by atoms with Crippen LogP contribution in [-0.4, -0.2) is 41.9 Å². The molecule has 2 N–H and O–H groups in total. The predicted molar refractivity (Wildman–Crippen MR) is 106 cm³/mol. The number of amides is 1. The number of anilines is 1. The van der Waals surface area contributed by atoms with Gasteiger partial charge in [0.15, 0.2) is 0 Å². The van der Waals surface area contributed by atoms with Crippen LogP contribution < -0.4 is 15.4 Å². The van der Waals surface area contributed by atoms with E-state index in [0.29, 0.717) is 6.54 Å². The van der Waals surface area contributed by atoms with Crippen molar-refractivity contribution in [2.75, 3.05) is 25.5 Å². The topological polar surface area (TPSA) is 85.4 Å². The average molecular weight is 372 g/mol. The first-order valence-corrected chi connectivity index (χ1v) is 9.05. The van der Waals surface area contributed by atoms with E-state index in [1.807, 2.05) is 51.1 Å². The number of unbranched alkanes of at least 4 members (excludes halogenated alkanes) is 1. The highest BCUT2D eigenvalue weighted by Crippen LogP contribution is 2.28. The summed E-state index contributed by atoms with van der Waals surface area (Å²) in [6.07, 6.45) is 2.89. The Hall–Kier alpha value is -2.83. The van der Waals surface area contributed by atoms with E-state index in [4.69, 9.17) is 9.47 Å². The number of aromatic nitrogens is 2. The Balaban J connectivity index is 1.77. The maximum absolute atomic E-state index is 11.6. The Bertz CT molecular complexity index is 744. The number of benzene rings is 1. The molecule has 0 saturated carbocycles. The van der Waals surface area contributed by atoms with Crippen molar-refractivity contribution in [1.82, 2.24) is 15.3 Å². The van der Waals surface area contributed by atoms with Gasteiger partial charge < -0.3 is 20.1 Å². The molecule has 1 aromatic carbocycles. The summed E-state index contributed by atoms with van der Waals surface area (Å²) in [6, 6.07) is 9.64. The van der Waals surface area contributed by atoms with Gasteiger partial charge in [-0.25, -0.2) is 14.8 Å². The minimum Gasteiger partial charge on any atom is -0.496 e. The maximum Gasteiger partial charge on any atom is 0.407 e. The molecule has 7 nitrogen and oxygen atoms in total. The van der Waals surface area contributed by atoms with E-state index in [-0.39, 0.29) is 6.09 Å². The lowest BCUT2D eigenvalue weighted by Crippen LogP contribution is -2.33. The predicted octanol–water partition coefficient (Wildman–Crippen LogP) is 3.87. The molecule has 1 aromatic heterocycles. The number of carbonyl (C=O) groups is 1. The standard InChI is InChI=1S/C20H28N4O3/c1-20(2,3)27-19(25)22-12-8-7-11-21-18-13-16(23-14-24-18)15-9-5-6-10-17(15)26-4/h5-6,9-10,13-14H,7-8,11-12H2,1-4H3,(H,22,25)(H,21,23,24). The van der Waals surface area contributed by atoms with E-state index in [1.54, 1.807) is 7.11 Å². The van der Waals surface area contributed by atoms with Crippen LogP contribution >= 0.6 is 0 Å². The number of nitrogens with one attached hydrogen (secondary N) is 2. The number of alkyl carbamates (subject to hydrolysis) is 1. The van der Waals surface area contributed by atoms with Crippen LogP contribution in [0, 0.1) is 0 Å². The molecule has 1 heterocycles. The van der Waals surface area contributed by atoms with Crippen molar-refractivity contribution in [1.29, 1.82) is 0 Å². The van der Waals surface area contributed by atoms with Crippen molar-refractivity contribution >= 4 is 11.9 Å². The third-order valence-electron chi connectivity index (χ3n) is 3.63. The van der Waals surface area contributed by atoms with E-state index >= 15 is 0 Å². The SMILES string of the molecule is COc1ccccc1-c1cc(NCCCCNC(=O)OC(C)(C)C)ncn1. The molecule has 0 fully saturated rings. The van der Waals surface area contributed by atoms with Crippen molar-refractivity contribution in [3.05, 3.63) is 36.7 Å². The van der Waals surface area contributed by atoms with Gasteiger partial charge in [0.05, 0.1) is 12.8 Å². The van der Waals surface area contributed by atoms with Gasteiger partial charge in [0, 0.05) is 24.7 Å². The zero-order chi connectivity index (χ0) is 19.7. The van der Waals surface area contributed by atoms with Gasteiger partial charge in [-0.05, 0) is 45.7 Å². The van der Waals surface area contributed by atoms with E-state index in [2.05, 4.69) is 20.6 Å². The van der Waals surface area contributed by atoms with Gasteiger partial charge in [0.25, 0.3) is 0 Å². The van der Waals surface area contributed by atoms with Gasteiger partial charge in [-0.2, -0.15) is 0 Å². The molecular weight excluding hydrogens is 344 g/mol. The lowest BCUT2D eigenvalue weighted by molar-refractivity contribution is 0.0527. The number of carbonyl (C=O) groups excluding carboxylic acids is 1. The van der Waals surface area contributed by atoms with Crippen LogP contribution in [0.3, 0.4) is 0 Å². The summed E-state index contributed by atoms with van der Waals surface area (Å²) < 4.78 is 10.6. The zero-order valence-electron chi connectivity index (χ0n) is 16.4. The molecule has 27 heavy (non-hydrogen) atoms. The second-order valence-corrected chi connectivity index (χ2v) is 7.05. The monoisotopic (exact) mass is 372 g/mol. The zero-order valence-corrected chi connectivity index (χ0v) is 16.4. The molecule has 146 valence electrons. The van der Waals surface area contributed by atoms with Crippen LogP contribution in [0.1, 0.15) is 33.6 Å². The lowest BCUT2D eigenvalue weighted by atomic mass is 10.1. The number of nitrogens with zero attached hydrogens (tertiary/aromatic N) is 2. The summed E-state index contributed by atoms with van der Waals surface area (Å²) in [5.74, 6) is 1.53. The molecule has 0 saturated heterocycles. The maximum atomic E-state index is 11.6. The quantitative estimate of drug-likeness (QED) is 0.684. The third kappa shape index (κ3) is 7.13. The smallest absolute Gasteiger partial charge is 0.407 e. The molecule has 0 spiro atoms. The molecule has 1 amide bonds. The Kier molecular flexibility index (Phi) is 7.40. The summed E-state index contributed by atoms with van der Waals surface area (Å²) in [4.78, 5) is 20.1. The van der Waals surface area contributed by atoms with Crippen molar-refractivity contribution in [3.63, 3.8) is 0 Å². The van der Waals surface area contributed by atoms with E-state index in [9.17, 15) is 4.79 Å². The molecule has 7 heteroatoms. The minimum absolute atomic E-state index is 0.382. The molecule has 0 aliphatic carbocycles. The molecule has 0 unspecified atom stereocenters. The highest BCUT2D eigenvalue weighted by molar-refractivity contribution is 5.69. The summed E-state index contributed by atoms with van der Waals surface area (Å²) >= 11 is 0. The minimum atomic E-state index is -0.474. The van der Waals surface area contributed by atoms with E-state index in [1.165, 1.54) is 6.33 Å². The summed E-state index contributed by atoms with van der Waals surface area (Å²) in [6.45, 7) is 6.86. The highest BCUT2D eigenvalue weighted by atomic mass is 16.6. The normalized spacial score (nSPS) is 11.0. The number of hydrogen-bond donors (Lipinski definition) is 2. The first kappa shape index (κ1) is 20.5. The van der Waals surface area contributed by atoms with Crippen LogP contribution in [0.25, 0.3) is 11.3 Å². The fraction of sp³-hybridized carbons (Fsp3) is 0.450. The number of ether oxygens (including phenoxy) is 2.